The fourth-order valence-electron chi connectivity index (χ4n) is 4.82. The maximum absolute atomic E-state index is 13.7. The molecule has 1 spiro atoms. The molecule has 0 saturated carbocycles. The Morgan fingerprint density at radius 1 is 1.15 bits per heavy atom. The van der Waals surface area contributed by atoms with Crippen molar-refractivity contribution in [3.8, 4) is 11.1 Å². The Bertz CT molecular complexity index is 1470. The van der Waals surface area contributed by atoms with Crippen LogP contribution in [-0.2, 0) is 44.9 Å². The van der Waals surface area contributed by atoms with E-state index in [9.17, 15) is 31.9 Å². The number of halogens is 4. The molecule has 9 nitrogen and oxygen atoms in total. The SMILES string of the molecule is C[C@H](N(Cc1ccc(F)cc1)C(=O)CN1C(=O)OC2(COCc3cc(-c4cnn(C)c4)ccc32)C1=O)C(F)(F)F. The molecule has 40 heavy (non-hydrogen) atoms. The van der Waals surface area contributed by atoms with Crippen LogP contribution in [-0.4, -0.2) is 62.9 Å². The average Bonchev–Trinajstić information content (AvgIpc) is 3.44. The zero-order chi connectivity index (χ0) is 28.8. The highest BCUT2D eigenvalue weighted by Crippen LogP contribution is 2.41. The monoisotopic (exact) mass is 560 g/mol. The van der Waals surface area contributed by atoms with Gasteiger partial charge in [0.05, 0.1) is 12.8 Å². The van der Waals surface area contributed by atoms with E-state index in [1.807, 2.05) is 0 Å². The number of aryl methyl sites for hydroxylation is 1. The van der Waals surface area contributed by atoms with Crippen molar-refractivity contribution in [3.05, 3.63) is 77.4 Å². The molecule has 3 amide bonds. The molecule has 1 unspecified atom stereocenters. The van der Waals surface area contributed by atoms with Crippen LogP contribution in [0.15, 0.2) is 54.9 Å². The molecule has 1 fully saturated rings. The third-order valence-electron chi connectivity index (χ3n) is 7.04. The lowest BCUT2D eigenvalue weighted by Gasteiger charge is -2.33. The van der Waals surface area contributed by atoms with Gasteiger partial charge in [-0.2, -0.15) is 18.3 Å². The molecule has 1 aromatic heterocycles. The Morgan fingerprint density at radius 3 is 2.52 bits per heavy atom. The molecular formula is C27H24F4N4O5. The number of imide groups is 1. The molecule has 2 aliphatic rings. The van der Waals surface area contributed by atoms with Crippen LogP contribution < -0.4 is 0 Å². The summed E-state index contributed by atoms with van der Waals surface area (Å²) in [5.41, 5.74) is 0.894. The highest BCUT2D eigenvalue weighted by molar-refractivity contribution is 6.06. The Morgan fingerprint density at radius 2 is 1.88 bits per heavy atom. The van der Waals surface area contributed by atoms with Gasteiger partial charge in [0.1, 0.15) is 25.0 Å². The number of fused-ring (bicyclic) bond motifs is 2. The molecule has 210 valence electrons. The molecule has 3 heterocycles. The van der Waals surface area contributed by atoms with Crippen LogP contribution in [0.4, 0.5) is 22.4 Å². The highest BCUT2D eigenvalue weighted by atomic mass is 19.4. The van der Waals surface area contributed by atoms with E-state index in [-0.39, 0.29) is 18.8 Å². The van der Waals surface area contributed by atoms with Gasteiger partial charge in [0.2, 0.25) is 11.5 Å². The summed E-state index contributed by atoms with van der Waals surface area (Å²) in [6.45, 7) is -0.906. The second-order valence-electron chi connectivity index (χ2n) is 9.72. The van der Waals surface area contributed by atoms with E-state index in [4.69, 9.17) is 9.47 Å². The maximum Gasteiger partial charge on any atom is 0.418 e. The smallest absolute Gasteiger partial charge is 0.418 e. The maximum atomic E-state index is 13.7. The fourth-order valence-corrected chi connectivity index (χ4v) is 4.82. The third kappa shape index (κ3) is 4.92. The van der Waals surface area contributed by atoms with Gasteiger partial charge in [-0.15, -0.1) is 0 Å². The summed E-state index contributed by atoms with van der Waals surface area (Å²) in [4.78, 5) is 40.6. The number of carbonyl (C=O) groups is 3. The van der Waals surface area contributed by atoms with Crippen LogP contribution in [0.5, 0.6) is 0 Å². The summed E-state index contributed by atoms with van der Waals surface area (Å²) in [6.07, 6.45) is -2.51. The molecule has 0 aliphatic carbocycles. The number of rotatable bonds is 6. The van der Waals surface area contributed by atoms with E-state index in [2.05, 4.69) is 5.10 Å². The first-order valence-electron chi connectivity index (χ1n) is 12.2. The lowest BCUT2D eigenvalue weighted by atomic mass is 9.86. The standard InChI is InChI=1S/C27H24F4N4O5/c1-16(27(29,30)31)34(11-17-3-6-21(28)7-4-17)23(36)13-35-24(37)26(40-25(35)38)15-39-14-19-9-18(5-8-22(19)26)20-10-32-33(2)12-20/h3-10,12,16H,11,13-15H2,1-2H3/t16-,26?/m0/s1. The lowest BCUT2D eigenvalue weighted by Crippen LogP contribution is -2.52. The van der Waals surface area contributed by atoms with Crippen molar-refractivity contribution in [2.45, 2.75) is 37.9 Å². The van der Waals surface area contributed by atoms with Gasteiger partial charge in [-0.3, -0.25) is 14.3 Å². The zero-order valence-electron chi connectivity index (χ0n) is 21.4. The Kier molecular flexibility index (Phi) is 6.86. The molecule has 5 rings (SSSR count). The first-order valence-corrected chi connectivity index (χ1v) is 12.2. The molecule has 3 aromatic rings. The molecule has 2 aromatic carbocycles. The number of alkyl halides is 3. The van der Waals surface area contributed by atoms with Gasteiger partial charge in [0, 0.05) is 30.9 Å². The molecule has 0 radical (unpaired) electrons. The topological polar surface area (TPSA) is 94.0 Å². The number of hydrogen-bond acceptors (Lipinski definition) is 6. The average molecular weight is 561 g/mol. The number of nitrogens with zero attached hydrogens (tertiary/aromatic N) is 4. The van der Waals surface area contributed by atoms with Crippen LogP contribution in [0, 0.1) is 5.82 Å². The van der Waals surface area contributed by atoms with Gasteiger partial charge in [-0.05, 0) is 41.8 Å². The number of amides is 3. The van der Waals surface area contributed by atoms with Crippen molar-refractivity contribution in [1.29, 1.82) is 0 Å². The molecule has 0 bridgehead atoms. The molecule has 2 aliphatic heterocycles. The van der Waals surface area contributed by atoms with Gasteiger partial charge in [0.15, 0.2) is 0 Å². The van der Waals surface area contributed by atoms with Crippen molar-refractivity contribution in [3.63, 3.8) is 0 Å². The number of benzene rings is 2. The van der Waals surface area contributed by atoms with E-state index >= 15 is 0 Å². The second-order valence-corrected chi connectivity index (χ2v) is 9.72. The van der Waals surface area contributed by atoms with Crippen molar-refractivity contribution < 1.29 is 41.4 Å². The van der Waals surface area contributed by atoms with Crippen LogP contribution in [0.2, 0.25) is 0 Å². The van der Waals surface area contributed by atoms with E-state index in [0.717, 1.165) is 30.2 Å². The molecule has 13 heteroatoms. The summed E-state index contributed by atoms with van der Waals surface area (Å²) in [7, 11) is 1.77. The zero-order valence-corrected chi connectivity index (χ0v) is 21.4. The summed E-state index contributed by atoms with van der Waals surface area (Å²) in [5, 5.41) is 4.14. The van der Waals surface area contributed by atoms with Crippen molar-refractivity contribution >= 4 is 17.9 Å². The number of ether oxygens (including phenoxy) is 2. The Balaban J connectivity index is 1.41. The van der Waals surface area contributed by atoms with Crippen LogP contribution in [0.25, 0.3) is 11.1 Å². The van der Waals surface area contributed by atoms with Crippen LogP contribution in [0.3, 0.4) is 0 Å². The first kappa shape index (κ1) is 27.3. The van der Waals surface area contributed by atoms with Gasteiger partial charge in [-0.25, -0.2) is 14.1 Å². The predicted molar refractivity (Wildman–Crippen MR) is 131 cm³/mol. The second kappa shape index (κ2) is 10.0. The van der Waals surface area contributed by atoms with Gasteiger partial charge in [-0.1, -0.05) is 24.3 Å². The van der Waals surface area contributed by atoms with E-state index in [0.29, 0.717) is 20.9 Å². The van der Waals surface area contributed by atoms with E-state index < -0.39 is 54.6 Å². The number of hydrogen-bond donors (Lipinski definition) is 0. The minimum atomic E-state index is -4.80. The molecule has 0 N–H and O–H groups in total. The normalized spacial score (nSPS) is 19.5. The third-order valence-corrected chi connectivity index (χ3v) is 7.04. The van der Waals surface area contributed by atoms with E-state index in [1.54, 1.807) is 42.3 Å². The number of aromatic nitrogens is 2. The summed E-state index contributed by atoms with van der Waals surface area (Å²) < 4.78 is 67.0. The summed E-state index contributed by atoms with van der Waals surface area (Å²) in [6, 6.07) is 7.49. The quantitative estimate of drug-likeness (QED) is 0.425. The van der Waals surface area contributed by atoms with E-state index in [1.165, 1.54) is 12.1 Å². The largest absolute Gasteiger partial charge is 0.425 e. The first-order chi connectivity index (χ1) is 18.9. The van der Waals surface area contributed by atoms with Gasteiger partial charge in [0.25, 0.3) is 5.91 Å². The van der Waals surface area contributed by atoms with Crippen molar-refractivity contribution in [2.75, 3.05) is 13.2 Å². The Labute approximate surface area is 225 Å². The predicted octanol–water partition coefficient (Wildman–Crippen LogP) is 3.91. The fraction of sp³-hybridized carbons (Fsp3) is 0.333. The van der Waals surface area contributed by atoms with Gasteiger partial charge >= 0.3 is 12.3 Å². The molecular weight excluding hydrogens is 536 g/mol. The summed E-state index contributed by atoms with van der Waals surface area (Å²) in [5.74, 6) is -2.65. The Hall–Kier alpha value is -4.26. The van der Waals surface area contributed by atoms with Gasteiger partial charge < -0.3 is 14.4 Å². The minimum Gasteiger partial charge on any atom is -0.425 e. The highest BCUT2D eigenvalue weighted by Gasteiger charge is 2.58. The molecule has 1 saturated heterocycles. The minimum absolute atomic E-state index is 0.128. The van der Waals surface area contributed by atoms with Crippen LogP contribution >= 0.6 is 0 Å². The van der Waals surface area contributed by atoms with Crippen LogP contribution in [0.1, 0.15) is 23.6 Å². The van der Waals surface area contributed by atoms with Crippen molar-refractivity contribution in [2.24, 2.45) is 7.05 Å². The lowest BCUT2D eigenvalue weighted by molar-refractivity contribution is -0.187. The summed E-state index contributed by atoms with van der Waals surface area (Å²) >= 11 is 0. The molecule has 2 atom stereocenters. The number of carbonyl (C=O) groups excluding carboxylic acids is 3. The van der Waals surface area contributed by atoms with Crippen molar-refractivity contribution in [1.82, 2.24) is 19.6 Å².